The highest BCUT2D eigenvalue weighted by Gasteiger charge is 2.45. The third-order valence-corrected chi connectivity index (χ3v) is 7.49. The van der Waals surface area contributed by atoms with Crippen LogP contribution in [0.5, 0.6) is 0 Å². The first-order chi connectivity index (χ1) is 19.3. The van der Waals surface area contributed by atoms with Gasteiger partial charge >= 0.3 is 6.03 Å². The minimum Gasteiger partial charge on any atom is -0.336 e. The van der Waals surface area contributed by atoms with Crippen molar-refractivity contribution in [2.75, 3.05) is 20.1 Å². The Labute approximate surface area is 235 Å². The van der Waals surface area contributed by atoms with Gasteiger partial charge in [0.15, 0.2) is 0 Å². The van der Waals surface area contributed by atoms with Crippen LogP contribution in [-0.2, 0) is 22.6 Å². The Morgan fingerprint density at radius 2 is 1.60 bits per heavy atom. The number of likely N-dealkylation sites (N-methyl/N-ethyl adjacent to an activating group) is 1. The number of halogens is 1. The van der Waals surface area contributed by atoms with Gasteiger partial charge < -0.3 is 20.0 Å². The summed E-state index contributed by atoms with van der Waals surface area (Å²) < 4.78 is 13.3. The van der Waals surface area contributed by atoms with Crippen LogP contribution in [0.2, 0.25) is 0 Å². The molecule has 210 valence electrons. The van der Waals surface area contributed by atoms with E-state index < -0.39 is 12.2 Å². The summed E-state index contributed by atoms with van der Waals surface area (Å²) in [4.78, 5) is 45.6. The summed E-state index contributed by atoms with van der Waals surface area (Å²) in [7, 11) is 1.65. The lowest BCUT2D eigenvalue weighted by molar-refractivity contribution is -0.161. The van der Waals surface area contributed by atoms with Crippen LogP contribution in [0.1, 0.15) is 42.9 Å². The number of urea groups is 1. The number of nitrogens with zero attached hydrogens (tertiary/aromatic N) is 3. The number of carbonyl (C=O) groups is 3. The molecular formula is C32H37FN4O3. The summed E-state index contributed by atoms with van der Waals surface area (Å²) in [6.45, 7) is 4.71. The lowest BCUT2D eigenvalue weighted by Gasteiger charge is -2.49. The van der Waals surface area contributed by atoms with Crippen molar-refractivity contribution < 1.29 is 18.8 Å². The summed E-state index contributed by atoms with van der Waals surface area (Å²) in [6.07, 6.45) is -0.0981. The predicted octanol–water partition coefficient (Wildman–Crippen LogP) is 4.79. The predicted molar refractivity (Wildman–Crippen MR) is 153 cm³/mol. The highest BCUT2D eigenvalue weighted by atomic mass is 19.1. The number of piperazine rings is 1. The number of hydrogen-bond donors (Lipinski definition) is 1. The van der Waals surface area contributed by atoms with Gasteiger partial charge in [-0.15, -0.1) is 0 Å². The minimum absolute atomic E-state index is 0.0641. The first-order valence-corrected chi connectivity index (χ1v) is 13.7. The van der Waals surface area contributed by atoms with Gasteiger partial charge in [0.1, 0.15) is 18.0 Å². The number of benzene rings is 3. The summed E-state index contributed by atoms with van der Waals surface area (Å²) in [6, 6.07) is 24.4. The second-order valence-corrected chi connectivity index (χ2v) is 10.3. The van der Waals surface area contributed by atoms with E-state index in [2.05, 4.69) is 12.2 Å². The van der Waals surface area contributed by atoms with Crippen molar-refractivity contribution >= 4 is 17.8 Å². The molecule has 1 N–H and O–H groups in total. The summed E-state index contributed by atoms with van der Waals surface area (Å²) in [5, 5.41) is 2.87. The molecule has 0 radical (unpaired) electrons. The van der Waals surface area contributed by atoms with Crippen LogP contribution in [0.15, 0.2) is 84.9 Å². The SMILES string of the molecule is CCC(=O)N1C(N(C)C(=O)NCc2ccc(F)cc2)CN(CC(C)c2ccccc2)C(=O)[C@@H]1Cc1ccccc1. The molecule has 1 saturated heterocycles. The molecule has 0 aliphatic carbocycles. The third kappa shape index (κ3) is 6.86. The van der Waals surface area contributed by atoms with Crippen molar-refractivity contribution in [2.45, 2.75) is 51.4 Å². The number of carbonyl (C=O) groups excluding carboxylic acids is 3. The van der Waals surface area contributed by atoms with Gasteiger partial charge in [0, 0.05) is 33.0 Å². The standard InChI is InChI=1S/C32H37FN4O3/c1-4-30(38)37-28(19-24-11-7-5-8-12-24)31(39)36(21-23(2)26-13-9-6-10-14-26)22-29(37)35(3)32(40)34-20-25-15-17-27(33)18-16-25/h5-18,23,28-29H,4,19-22H2,1-3H3,(H,34,40)/t23?,28-,29?/m0/s1. The number of nitrogens with one attached hydrogen (secondary N) is 1. The van der Waals surface area contributed by atoms with Gasteiger partial charge in [-0.25, -0.2) is 9.18 Å². The number of rotatable bonds is 9. The molecule has 3 aromatic rings. The van der Waals surface area contributed by atoms with Gasteiger partial charge in [0.2, 0.25) is 11.8 Å². The monoisotopic (exact) mass is 544 g/mol. The number of hydrogen-bond acceptors (Lipinski definition) is 3. The Hall–Kier alpha value is -4.20. The van der Waals surface area contributed by atoms with Gasteiger partial charge in [-0.3, -0.25) is 9.59 Å². The fourth-order valence-corrected chi connectivity index (χ4v) is 5.19. The zero-order chi connectivity index (χ0) is 28.6. The van der Waals surface area contributed by atoms with E-state index in [-0.39, 0.29) is 49.1 Å². The fourth-order valence-electron chi connectivity index (χ4n) is 5.19. The molecule has 0 bridgehead atoms. The van der Waals surface area contributed by atoms with Crippen LogP contribution in [0.4, 0.5) is 9.18 Å². The first kappa shape index (κ1) is 28.8. The van der Waals surface area contributed by atoms with Crippen LogP contribution in [-0.4, -0.2) is 64.9 Å². The largest absolute Gasteiger partial charge is 0.336 e. The van der Waals surface area contributed by atoms with Gasteiger partial charge in [0.05, 0.1) is 6.54 Å². The van der Waals surface area contributed by atoms with Crippen molar-refractivity contribution in [1.82, 2.24) is 20.0 Å². The molecule has 3 atom stereocenters. The zero-order valence-electron chi connectivity index (χ0n) is 23.3. The van der Waals surface area contributed by atoms with E-state index in [1.165, 1.54) is 17.0 Å². The zero-order valence-corrected chi connectivity index (χ0v) is 23.3. The van der Waals surface area contributed by atoms with Gasteiger partial charge in [0.25, 0.3) is 0 Å². The van der Waals surface area contributed by atoms with E-state index in [4.69, 9.17) is 0 Å². The highest BCUT2D eigenvalue weighted by molar-refractivity contribution is 5.90. The van der Waals surface area contributed by atoms with E-state index >= 15 is 0 Å². The van der Waals surface area contributed by atoms with Crippen LogP contribution in [0.3, 0.4) is 0 Å². The number of amides is 4. The molecule has 40 heavy (non-hydrogen) atoms. The lowest BCUT2D eigenvalue weighted by atomic mass is 9.96. The van der Waals surface area contributed by atoms with E-state index in [9.17, 15) is 18.8 Å². The fraction of sp³-hybridized carbons (Fsp3) is 0.344. The molecule has 0 saturated carbocycles. The molecule has 0 aromatic heterocycles. The molecule has 0 spiro atoms. The average molecular weight is 545 g/mol. The Morgan fingerprint density at radius 1 is 0.975 bits per heavy atom. The molecule has 4 rings (SSSR count). The smallest absolute Gasteiger partial charge is 0.319 e. The second-order valence-electron chi connectivity index (χ2n) is 10.3. The van der Waals surface area contributed by atoms with E-state index in [1.54, 1.807) is 35.9 Å². The van der Waals surface area contributed by atoms with Crippen molar-refractivity contribution in [2.24, 2.45) is 0 Å². The lowest BCUT2D eigenvalue weighted by Crippen LogP contribution is -2.69. The van der Waals surface area contributed by atoms with Gasteiger partial charge in [-0.05, 0) is 34.7 Å². The summed E-state index contributed by atoms with van der Waals surface area (Å²) >= 11 is 0. The third-order valence-electron chi connectivity index (χ3n) is 7.49. The minimum atomic E-state index is -0.746. The van der Waals surface area contributed by atoms with Crippen molar-refractivity contribution in [3.8, 4) is 0 Å². The Bertz CT molecular complexity index is 1290. The molecule has 1 aliphatic heterocycles. The van der Waals surface area contributed by atoms with E-state index in [1.807, 2.05) is 60.7 Å². The highest BCUT2D eigenvalue weighted by Crippen LogP contribution is 2.26. The molecular weight excluding hydrogens is 507 g/mol. The Balaban J connectivity index is 1.61. The Kier molecular flexibility index (Phi) is 9.53. The molecule has 1 fully saturated rings. The quantitative estimate of drug-likeness (QED) is 0.421. The van der Waals surface area contributed by atoms with E-state index in [0.717, 1.165) is 16.7 Å². The molecule has 4 amide bonds. The first-order valence-electron chi connectivity index (χ1n) is 13.7. The molecule has 3 aromatic carbocycles. The van der Waals surface area contributed by atoms with Gasteiger partial charge in [-0.1, -0.05) is 86.6 Å². The normalized spacial score (nSPS) is 17.9. The summed E-state index contributed by atoms with van der Waals surface area (Å²) in [5.41, 5.74) is 2.81. The van der Waals surface area contributed by atoms with Crippen molar-refractivity contribution in [1.29, 1.82) is 0 Å². The maximum Gasteiger partial charge on any atom is 0.319 e. The van der Waals surface area contributed by atoms with Crippen LogP contribution in [0.25, 0.3) is 0 Å². The van der Waals surface area contributed by atoms with Crippen LogP contribution < -0.4 is 5.32 Å². The van der Waals surface area contributed by atoms with Crippen LogP contribution in [0, 0.1) is 5.82 Å². The molecule has 1 heterocycles. The van der Waals surface area contributed by atoms with Crippen LogP contribution >= 0.6 is 0 Å². The van der Waals surface area contributed by atoms with Crippen molar-refractivity contribution in [3.05, 3.63) is 107 Å². The topological polar surface area (TPSA) is 73.0 Å². The molecule has 8 heteroatoms. The maximum absolute atomic E-state index is 14.0. The maximum atomic E-state index is 14.0. The Morgan fingerprint density at radius 3 is 2.23 bits per heavy atom. The summed E-state index contributed by atoms with van der Waals surface area (Å²) in [5.74, 6) is -0.589. The van der Waals surface area contributed by atoms with E-state index in [0.29, 0.717) is 13.0 Å². The molecule has 2 unspecified atom stereocenters. The van der Waals surface area contributed by atoms with Gasteiger partial charge in [-0.2, -0.15) is 0 Å². The molecule has 1 aliphatic rings. The second kappa shape index (κ2) is 13.2. The average Bonchev–Trinajstić information content (AvgIpc) is 2.98. The molecule has 7 nitrogen and oxygen atoms in total. The van der Waals surface area contributed by atoms with Crippen molar-refractivity contribution in [3.63, 3.8) is 0 Å².